The Kier molecular flexibility index (Phi) is 5.58. The van der Waals surface area contributed by atoms with E-state index >= 15 is 0 Å². The molecule has 0 saturated heterocycles. The van der Waals surface area contributed by atoms with Gasteiger partial charge in [0.15, 0.2) is 5.65 Å². The number of anilines is 1. The molecule has 3 heterocycles. The van der Waals surface area contributed by atoms with E-state index in [0.29, 0.717) is 23.7 Å². The van der Waals surface area contributed by atoms with Crippen LogP contribution >= 0.6 is 12.4 Å². The predicted octanol–water partition coefficient (Wildman–Crippen LogP) is 2.48. The summed E-state index contributed by atoms with van der Waals surface area (Å²) < 4.78 is 3.24. The molecule has 0 bridgehead atoms. The Hall–Kier alpha value is -2.64. The fourth-order valence-corrected chi connectivity index (χ4v) is 3.62. The van der Waals surface area contributed by atoms with Crippen molar-refractivity contribution in [1.82, 2.24) is 19.5 Å². The number of benzene rings is 1. The lowest BCUT2D eigenvalue weighted by Gasteiger charge is -2.20. The van der Waals surface area contributed by atoms with Crippen LogP contribution < -0.4 is 16.2 Å². The lowest BCUT2D eigenvalue weighted by atomic mass is 10.0. The molecule has 0 fully saturated rings. The molecule has 148 valence electrons. The van der Waals surface area contributed by atoms with Gasteiger partial charge in [-0.25, -0.2) is 0 Å². The summed E-state index contributed by atoms with van der Waals surface area (Å²) >= 11 is 0. The highest BCUT2D eigenvalue weighted by Gasteiger charge is 2.23. The van der Waals surface area contributed by atoms with E-state index in [0.717, 1.165) is 29.9 Å². The number of nitrogens with zero attached hydrogens (tertiary/aromatic N) is 3. The summed E-state index contributed by atoms with van der Waals surface area (Å²) in [5.74, 6) is 0.163. The summed E-state index contributed by atoms with van der Waals surface area (Å²) in [5, 5.41) is 10.3. The molecule has 0 aliphatic carbocycles. The van der Waals surface area contributed by atoms with Gasteiger partial charge in [0.05, 0.1) is 11.8 Å². The van der Waals surface area contributed by atoms with Crippen LogP contribution in [0.1, 0.15) is 46.9 Å². The number of hydrogen-bond acceptors (Lipinski definition) is 4. The molecular formula is C20H24ClN5O2. The molecule has 2 N–H and O–H groups in total. The topological polar surface area (TPSA) is 80.4 Å². The molecule has 1 aromatic carbocycles. The number of hydrogen-bond donors (Lipinski definition) is 2. The van der Waals surface area contributed by atoms with Gasteiger partial charge < -0.3 is 15.2 Å². The van der Waals surface area contributed by atoms with Crippen molar-refractivity contribution in [2.24, 2.45) is 7.05 Å². The molecule has 2 aromatic heterocycles. The minimum absolute atomic E-state index is 0. The SMILES string of the molecule is CC(C)c1ccc(NC(=O)c2cnn3c(=O)c4c(n(C)c23)CCNC4)cc1.Cl. The van der Waals surface area contributed by atoms with E-state index in [-0.39, 0.29) is 23.9 Å². The third-order valence-electron chi connectivity index (χ3n) is 5.19. The van der Waals surface area contributed by atoms with E-state index in [1.54, 1.807) is 0 Å². The number of aromatic nitrogens is 3. The van der Waals surface area contributed by atoms with E-state index in [1.165, 1.54) is 16.3 Å². The molecule has 1 aliphatic heterocycles. The minimum Gasteiger partial charge on any atom is -0.332 e. The zero-order valence-electron chi connectivity index (χ0n) is 16.2. The molecule has 0 unspecified atom stereocenters. The van der Waals surface area contributed by atoms with E-state index < -0.39 is 0 Å². The van der Waals surface area contributed by atoms with Gasteiger partial charge in [0.25, 0.3) is 11.5 Å². The van der Waals surface area contributed by atoms with E-state index in [1.807, 2.05) is 35.9 Å². The van der Waals surface area contributed by atoms with Crippen molar-refractivity contribution in [2.45, 2.75) is 32.7 Å². The van der Waals surface area contributed by atoms with Crippen LogP contribution in [-0.2, 0) is 20.0 Å². The maximum absolute atomic E-state index is 12.8. The average Bonchev–Trinajstić information content (AvgIpc) is 3.12. The van der Waals surface area contributed by atoms with E-state index in [9.17, 15) is 9.59 Å². The third kappa shape index (κ3) is 3.31. The van der Waals surface area contributed by atoms with Crippen molar-refractivity contribution >= 4 is 29.6 Å². The van der Waals surface area contributed by atoms with E-state index in [2.05, 4.69) is 29.6 Å². The van der Waals surface area contributed by atoms with Crippen LogP contribution in [0, 0.1) is 0 Å². The molecular weight excluding hydrogens is 378 g/mol. The second-order valence-corrected chi connectivity index (χ2v) is 7.24. The van der Waals surface area contributed by atoms with Gasteiger partial charge in [-0.1, -0.05) is 26.0 Å². The monoisotopic (exact) mass is 401 g/mol. The molecule has 0 radical (unpaired) electrons. The first-order chi connectivity index (χ1) is 13.0. The minimum atomic E-state index is -0.272. The van der Waals surface area contributed by atoms with Crippen molar-refractivity contribution in [2.75, 3.05) is 11.9 Å². The summed E-state index contributed by atoms with van der Waals surface area (Å²) in [6.45, 7) is 5.60. The number of aryl methyl sites for hydroxylation is 1. The smallest absolute Gasteiger partial charge is 0.279 e. The first kappa shape index (κ1) is 20.1. The van der Waals surface area contributed by atoms with Crippen LogP contribution in [0.25, 0.3) is 5.65 Å². The molecule has 7 nitrogen and oxygen atoms in total. The lowest BCUT2D eigenvalue weighted by Crippen LogP contribution is -2.35. The second kappa shape index (κ2) is 7.77. The molecule has 0 spiro atoms. The molecule has 3 aromatic rings. The van der Waals surface area contributed by atoms with Gasteiger partial charge in [-0.2, -0.15) is 9.61 Å². The highest BCUT2D eigenvalue weighted by molar-refractivity contribution is 6.08. The second-order valence-electron chi connectivity index (χ2n) is 7.24. The number of rotatable bonds is 3. The first-order valence-electron chi connectivity index (χ1n) is 9.18. The van der Waals surface area contributed by atoms with Crippen LogP contribution in [0.15, 0.2) is 35.3 Å². The zero-order chi connectivity index (χ0) is 19.1. The van der Waals surface area contributed by atoms with Gasteiger partial charge in [-0.05, 0) is 23.6 Å². The molecule has 8 heteroatoms. The van der Waals surface area contributed by atoms with Crippen molar-refractivity contribution < 1.29 is 4.79 Å². The Morgan fingerprint density at radius 2 is 1.96 bits per heavy atom. The highest BCUT2D eigenvalue weighted by Crippen LogP contribution is 2.20. The quantitative estimate of drug-likeness (QED) is 0.706. The Morgan fingerprint density at radius 1 is 1.25 bits per heavy atom. The number of halogens is 1. The highest BCUT2D eigenvalue weighted by atomic mass is 35.5. The summed E-state index contributed by atoms with van der Waals surface area (Å²) in [7, 11) is 1.88. The number of carbonyl (C=O) groups excluding carboxylic acids is 1. The lowest BCUT2D eigenvalue weighted by molar-refractivity contribution is 0.102. The van der Waals surface area contributed by atoms with Crippen molar-refractivity contribution in [3.8, 4) is 0 Å². The summed E-state index contributed by atoms with van der Waals surface area (Å²) in [5.41, 5.74) is 4.37. The van der Waals surface area contributed by atoms with Crippen molar-refractivity contribution in [3.05, 3.63) is 63.2 Å². The number of nitrogens with one attached hydrogen (secondary N) is 2. The van der Waals surface area contributed by atoms with Crippen LogP contribution in [0.3, 0.4) is 0 Å². The van der Waals surface area contributed by atoms with Gasteiger partial charge in [0.2, 0.25) is 0 Å². The average molecular weight is 402 g/mol. The normalized spacial score (nSPS) is 13.3. The van der Waals surface area contributed by atoms with Crippen LogP contribution in [-0.4, -0.2) is 26.6 Å². The van der Waals surface area contributed by atoms with Gasteiger partial charge >= 0.3 is 0 Å². The maximum atomic E-state index is 12.8. The standard InChI is InChI=1S/C20H23N5O2.ClH/c1-12(2)13-4-6-14(7-5-13)23-18(26)16-11-22-25-19(16)24(3)17-8-9-21-10-15(17)20(25)27;/h4-7,11-12,21H,8-10H2,1-3H3,(H,23,26);1H. The first-order valence-corrected chi connectivity index (χ1v) is 9.18. The molecule has 0 atom stereocenters. The fourth-order valence-electron chi connectivity index (χ4n) is 3.62. The number of carbonyl (C=O) groups is 1. The Bertz CT molecular complexity index is 1080. The summed E-state index contributed by atoms with van der Waals surface area (Å²) in [6, 6.07) is 7.81. The molecule has 1 aliphatic rings. The Balaban J connectivity index is 0.00000225. The van der Waals surface area contributed by atoms with Crippen molar-refractivity contribution in [1.29, 1.82) is 0 Å². The fraction of sp³-hybridized carbons (Fsp3) is 0.350. The molecule has 28 heavy (non-hydrogen) atoms. The summed E-state index contributed by atoms with van der Waals surface area (Å²) in [4.78, 5) is 25.6. The van der Waals surface area contributed by atoms with Crippen LogP contribution in [0.5, 0.6) is 0 Å². The van der Waals surface area contributed by atoms with Gasteiger partial charge in [-0.3, -0.25) is 9.59 Å². The Labute approximate surface area is 169 Å². The maximum Gasteiger partial charge on any atom is 0.279 e. The van der Waals surface area contributed by atoms with Gasteiger partial charge in [0.1, 0.15) is 5.56 Å². The molecule has 1 amide bonds. The largest absolute Gasteiger partial charge is 0.332 e. The summed E-state index contributed by atoms with van der Waals surface area (Å²) in [6.07, 6.45) is 2.22. The molecule has 4 rings (SSSR count). The number of fused-ring (bicyclic) bond motifs is 2. The Morgan fingerprint density at radius 3 is 2.64 bits per heavy atom. The van der Waals surface area contributed by atoms with Crippen molar-refractivity contribution in [3.63, 3.8) is 0 Å². The predicted molar refractivity (Wildman–Crippen MR) is 112 cm³/mol. The van der Waals surface area contributed by atoms with Gasteiger partial charge in [-0.15, -0.1) is 12.4 Å². The van der Waals surface area contributed by atoms with Crippen LogP contribution in [0.2, 0.25) is 0 Å². The van der Waals surface area contributed by atoms with E-state index in [4.69, 9.17) is 0 Å². The van der Waals surface area contributed by atoms with Crippen LogP contribution in [0.4, 0.5) is 5.69 Å². The third-order valence-corrected chi connectivity index (χ3v) is 5.19. The zero-order valence-corrected chi connectivity index (χ0v) is 17.0. The number of amides is 1. The molecule has 0 saturated carbocycles. The van der Waals surface area contributed by atoms with Gasteiger partial charge in [0, 0.05) is 37.9 Å².